The normalized spacial score (nSPS) is 12.6. The highest BCUT2D eigenvalue weighted by Gasteiger charge is 2.09. The molecule has 0 aliphatic heterocycles. The van der Waals surface area contributed by atoms with Gasteiger partial charge in [-0.2, -0.15) is 4.37 Å². The zero-order valence-electron chi connectivity index (χ0n) is 11.4. The summed E-state index contributed by atoms with van der Waals surface area (Å²) in [4.78, 5) is 8.86. The second-order valence-corrected chi connectivity index (χ2v) is 6.54. The van der Waals surface area contributed by atoms with Crippen molar-refractivity contribution >= 4 is 23.3 Å². The van der Waals surface area contributed by atoms with Gasteiger partial charge in [0.25, 0.3) is 0 Å². The van der Waals surface area contributed by atoms with Crippen LogP contribution in [0.2, 0.25) is 0 Å². The summed E-state index contributed by atoms with van der Waals surface area (Å²) < 4.78 is 5.11. The maximum absolute atomic E-state index is 5.97. The summed E-state index contributed by atoms with van der Waals surface area (Å²) in [5.74, 6) is 0.815. The molecule has 0 spiro atoms. The van der Waals surface area contributed by atoms with Crippen LogP contribution in [0.5, 0.6) is 0 Å². The molecule has 2 aromatic rings. The van der Waals surface area contributed by atoms with E-state index in [0.29, 0.717) is 0 Å². The maximum atomic E-state index is 5.97. The average Bonchev–Trinajstić information content (AvgIpc) is 2.78. The highest BCUT2D eigenvalue weighted by atomic mass is 32.2. The molecule has 0 amide bonds. The van der Waals surface area contributed by atoms with Crippen LogP contribution in [0.3, 0.4) is 0 Å². The van der Waals surface area contributed by atoms with Crippen molar-refractivity contribution < 1.29 is 0 Å². The van der Waals surface area contributed by atoms with Crippen LogP contribution in [0, 0.1) is 13.8 Å². The fourth-order valence-corrected chi connectivity index (χ4v) is 3.28. The van der Waals surface area contributed by atoms with E-state index < -0.39 is 0 Å². The molecule has 0 aliphatic rings. The molecule has 2 N–H and O–H groups in total. The molecule has 2 rings (SSSR count). The van der Waals surface area contributed by atoms with Crippen molar-refractivity contribution in [1.29, 1.82) is 0 Å². The van der Waals surface area contributed by atoms with Gasteiger partial charge in [-0.25, -0.2) is 9.97 Å². The van der Waals surface area contributed by atoms with Crippen LogP contribution in [-0.4, -0.2) is 20.4 Å². The first kappa shape index (κ1) is 14.4. The van der Waals surface area contributed by atoms with E-state index >= 15 is 0 Å². The van der Waals surface area contributed by atoms with Crippen molar-refractivity contribution in [3.8, 4) is 0 Å². The maximum Gasteiger partial charge on any atom is 0.176 e. The Bertz CT molecular complexity index is 553. The number of pyridine rings is 1. The third-order valence-corrected chi connectivity index (χ3v) is 4.77. The van der Waals surface area contributed by atoms with Crippen molar-refractivity contribution in [3.63, 3.8) is 0 Å². The molecule has 0 aliphatic carbocycles. The molecule has 0 radical (unpaired) electrons. The predicted molar refractivity (Wildman–Crippen MR) is 79.7 cm³/mol. The zero-order chi connectivity index (χ0) is 13.8. The Balaban J connectivity index is 2.10. The van der Waals surface area contributed by atoms with Gasteiger partial charge in [-0.1, -0.05) is 13.0 Å². The highest BCUT2D eigenvalue weighted by molar-refractivity contribution is 8.00. The summed E-state index contributed by atoms with van der Waals surface area (Å²) in [6.07, 6.45) is 3.78. The molecule has 1 unspecified atom stereocenters. The van der Waals surface area contributed by atoms with Crippen molar-refractivity contribution in [2.75, 3.05) is 0 Å². The Kier molecular flexibility index (Phi) is 4.90. The standard InChI is InChI=1S/C13H18N4S2/c1-4-11(14)6-10-5-8(2)12(15-7-10)18-13-16-9(3)17-19-13/h5,7,11H,4,6,14H2,1-3H3. The van der Waals surface area contributed by atoms with Gasteiger partial charge in [-0.3, -0.25) is 0 Å². The Morgan fingerprint density at radius 2 is 2.21 bits per heavy atom. The van der Waals surface area contributed by atoms with E-state index in [0.717, 1.165) is 28.0 Å². The number of nitrogens with zero attached hydrogens (tertiary/aromatic N) is 3. The molecule has 4 nitrogen and oxygen atoms in total. The molecule has 2 heterocycles. The summed E-state index contributed by atoms with van der Waals surface area (Å²) in [6, 6.07) is 2.38. The second-order valence-electron chi connectivity index (χ2n) is 4.55. The van der Waals surface area contributed by atoms with Gasteiger partial charge in [-0.05, 0) is 61.1 Å². The van der Waals surface area contributed by atoms with Crippen LogP contribution in [0.25, 0.3) is 0 Å². The SMILES string of the molecule is CCC(N)Cc1cnc(Sc2nc(C)ns2)c(C)c1. The van der Waals surface area contributed by atoms with Gasteiger partial charge in [0, 0.05) is 12.2 Å². The lowest BCUT2D eigenvalue weighted by Gasteiger charge is -2.10. The Hall–Kier alpha value is -0.980. The van der Waals surface area contributed by atoms with Crippen molar-refractivity contribution in [1.82, 2.24) is 14.3 Å². The first-order chi connectivity index (χ1) is 9.08. The van der Waals surface area contributed by atoms with Gasteiger partial charge in [0.1, 0.15) is 10.9 Å². The molecule has 0 fully saturated rings. The number of aryl methyl sites for hydroxylation is 2. The minimum atomic E-state index is 0.213. The van der Waals surface area contributed by atoms with E-state index in [4.69, 9.17) is 5.73 Å². The number of hydrogen-bond acceptors (Lipinski definition) is 6. The third kappa shape index (κ3) is 3.99. The van der Waals surface area contributed by atoms with E-state index in [2.05, 4.69) is 34.3 Å². The monoisotopic (exact) mass is 294 g/mol. The van der Waals surface area contributed by atoms with E-state index in [1.54, 1.807) is 11.8 Å². The van der Waals surface area contributed by atoms with E-state index in [-0.39, 0.29) is 6.04 Å². The highest BCUT2D eigenvalue weighted by Crippen LogP contribution is 2.29. The molecule has 0 aromatic carbocycles. The summed E-state index contributed by atoms with van der Waals surface area (Å²) in [5, 5.41) is 0.991. The topological polar surface area (TPSA) is 64.7 Å². The molecular weight excluding hydrogens is 276 g/mol. The Morgan fingerprint density at radius 1 is 1.42 bits per heavy atom. The van der Waals surface area contributed by atoms with Crippen molar-refractivity contribution in [3.05, 3.63) is 29.2 Å². The summed E-state index contributed by atoms with van der Waals surface area (Å²) in [5.41, 5.74) is 8.33. The molecule has 6 heteroatoms. The van der Waals surface area contributed by atoms with Gasteiger partial charge in [0.2, 0.25) is 0 Å². The second kappa shape index (κ2) is 6.45. The van der Waals surface area contributed by atoms with E-state index in [1.807, 2.05) is 13.1 Å². The van der Waals surface area contributed by atoms with E-state index in [1.165, 1.54) is 22.7 Å². The third-order valence-electron chi connectivity index (χ3n) is 2.80. The number of rotatable bonds is 5. The number of aromatic nitrogens is 3. The Morgan fingerprint density at radius 3 is 2.79 bits per heavy atom. The van der Waals surface area contributed by atoms with E-state index in [9.17, 15) is 0 Å². The molecule has 0 bridgehead atoms. The van der Waals surface area contributed by atoms with Gasteiger partial charge >= 0.3 is 0 Å². The lowest BCUT2D eigenvalue weighted by molar-refractivity contribution is 0.644. The Labute approximate surface area is 122 Å². The molecule has 2 aromatic heterocycles. The van der Waals surface area contributed by atoms with Gasteiger partial charge in [-0.15, -0.1) is 0 Å². The van der Waals surface area contributed by atoms with Crippen LogP contribution in [0.15, 0.2) is 21.6 Å². The van der Waals surface area contributed by atoms with Gasteiger partial charge < -0.3 is 5.73 Å². The van der Waals surface area contributed by atoms with Gasteiger partial charge in [0.05, 0.1) is 0 Å². The van der Waals surface area contributed by atoms with Crippen molar-refractivity contribution in [2.24, 2.45) is 5.73 Å². The van der Waals surface area contributed by atoms with Crippen LogP contribution in [-0.2, 0) is 6.42 Å². The van der Waals surface area contributed by atoms with Gasteiger partial charge in [0.15, 0.2) is 4.34 Å². The lowest BCUT2D eigenvalue weighted by atomic mass is 10.1. The fraction of sp³-hybridized carbons (Fsp3) is 0.462. The van der Waals surface area contributed by atoms with Crippen LogP contribution >= 0.6 is 23.3 Å². The minimum absolute atomic E-state index is 0.213. The summed E-state index contributed by atoms with van der Waals surface area (Å²) >= 11 is 2.98. The minimum Gasteiger partial charge on any atom is -0.327 e. The zero-order valence-corrected chi connectivity index (χ0v) is 13.0. The molecule has 19 heavy (non-hydrogen) atoms. The predicted octanol–water partition coefficient (Wildman–Crippen LogP) is 2.98. The van der Waals surface area contributed by atoms with Crippen LogP contribution in [0.1, 0.15) is 30.3 Å². The molecule has 0 saturated heterocycles. The summed E-state index contributed by atoms with van der Waals surface area (Å²) in [6.45, 7) is 6.08. The molecule has 102 valence electrons. The molecule has 1 atom stereocenters. The quantitative estimate of drug-likeness (QED) is 0.918. The smallest absolute Gasteiger partial charge is 0.176 e. The lowest BCUT2D eigenvalue weighted by Crippen LogP contribution is -2.21. The van der Waals surface area contributed by atoms with Crippen molar-refractivity contribution in [2.45, 2.75) is 49.0 Å². The fourth-order valence-electron chi connectivity index (χ4n) is 1.69. The molecule has 0 saturated carbocycles. The summed E-state index contributed by atoms with van der Waals surface area (Å²) in [7, 11) is 0. The van der Waals surface area contributed by atoms with Crippen LogP contribution < -0.4 is 5.73 Å². The number of hydrogen-bond donors (Lipinski definition) is 1. The number of nitrogens with two attached hydrogens (primary N) is 1. The first-order valence-corrected chi connectivity index (χ1v) is 7.86. The average molecular weight is 294 g/mol. The molecular formula is C13H18N4S2. The first-order valence-electron chi connectivity index (χ1n) is 6.27. The largest absolute Gasteiger partial charge is 0.327 e. The van der Waals surface area contributed by atoms with Crippen LogP contribution in [0.4, 0.5) is 0 Å².